The van der Waals surface area contributed by atoms with Gasteiger partial charge in [0.05, 0.1) is 9.82 Å². The molecule has 0 atom stereocenters. The number of hydrogen-bond donors (Lipinski definition) is 0. The van der Waals surface area contributed by atoms with Gasteiger partial charge in [0.1, 0.15) is 0 Å². The van der Waals surface area contributed by atoms with Crippen LogP contribution in [0, 0.1) is 15.9 Å². The maximum absolute atomic E-state index is 12.8. The molecule has 0 saturated carbocycles. The van der Waals surface area contributed by atoms with Gasteiger partial charge in [0, 0.05) is 6.07 Å². The Balaban J connectivity index is 3.46. The minimum absolute atomic E-state index is 0.0259. The molecule has 0 bridgehead atoms. The molecule has 0 amide bonds. The van der Waals surface area contributed by atoms with Crippen LogP contribution in [-0.4, -0.2) is 18.8 Å². The minimum atomic E-state index is -5.72. The second-order valence-corrected chi connectivity index (χ2v) is 4.76. The topological polar surface area (TPSA) is 77.3 Å². The van der Waals surface area contributed by atoms with Gasteiger partial charge in [0.25, 0.3) is 9.84 Å². The van der Waals surface area contributed by atoms with Gasteiger partial charge in [0.15, 0.2) is 0 Å². The van der Waals surface area contributed by atoms with E-state index in [0.29, 0.717) is 6.07 Å². The largest absolute Gasteiger partial charge is 0.501 e. The molecule has 10 heteroatoms. The summed E-state index contributed by atoms with van der Waals surface area (Å²) < 4.78 is 70.8. The Bertz CT molecular complexity index is 566. The van der Waals surface area contributed by atoms with Crippen molar-refractivity contribution in [3.05, 3.63) is 34.1 Å². The fourth-order valence-electron chi connectivity index (χ4n) is 0.933. The summed E-state index contributed by atoms with van der Waals surface area (Å²) in [6, 6.07) is 0.625. The second kappa shape index (κ2) is 3.95. The monoisotopic (exact) mass is 273 g/mol. The van der Waals surface area contributed by atoms with Crippen molar-refractivity contribution in [2.24, 2.45) is 0 Å². The third-order valence-electron chi connectivity index (χ3n) is 1.73. The molecule has 0 fully saturated rings. The van der Waals surface area contributed by atoms with Gasteiger partial charge >= 0.3 is 11.2 Å². The van der Waals surface area contributed by atoms with Gasteiger partial charge in [-0.3, -0.25) is 10.1 Å². The maximum Gasteiger partial charge on any atom is 0.501 e. The highest BCUT2D eigenvalue weighted by atomic mass is 32.2. The summed E-state index contributed by atoms with van der Waals surface area (Å²) in [7, 11) is -5.72. The molecule has 1 aromatic rings. The molecule has 0 saturated heterocycles. The maximum atomic E-state index is 12.8. The third-order valence-corrected chi connectivity index (χ3v) is 3.21. The number of benzene rings is 1. The SMILES string of the molecule is O=[N+]([O-])c1cc(S(=O)(=O)C(F)(F)F)ccc1F. The van der Waals surface area contributed by atoms with E-state index < -0.39 is 36.7 Å². The Morgan fingerprint density at radius 2 is 1.76 bits per heavy atom. The van der Waals surface area contributed by atoms with Crippen LogP contribution in [0.3, 0.4) is 0 Å². The van der Waals surface area contributed by atoms with Crippen LogP contribution in [0.1, 0.15) is 0 Å². The lowest BCUT2D eigenvalue weighted by Crippen LogP contribution is -2.23. The van der Waals surface area contributed by atoms with Crippen molar-refractivity contribution in [3.8, 4) is 0 Å². The molecule has 1 aromatic carbocycles. The Morgan fingerprint density at radius 1 is 1.24 bits per heavy atom. The molecule has 1 rings (SSSR count). The number of nitro benzene ring substituents is 1. The Morgan fingerprint density at radius 3 is 2.18 bits per heavy atom. The van der Waals surface area contributed by atoms with E-state index in [1.54, 1.807) is 0 Å². The van der Waals surface area contributed by atoms with Gasteiger partial charge in [0.2, 0.25) is 5.82 Å². The van der Waals surface area contributed by atoms with Crippen molar-refractivity contribution < 1.29 is 30.9 Å². The van der Waals surface area contributed by atoms with E-state index >= 15 is 0 Å². The third kappa shape index (κ3) is 2.35. The molecular weight excluding hydrogens is 270 g/mol. The summed E-state index contributed by atoms with van der Waals surface area (Å²) in [5, 5.41) is 10.2. The minimum Gasteiger partial charge on any atom is -0.258 e. The van der Waals surface area contributed by atoms with Crippen molar-refractivity contribution in [3.63, 3.8) is 0 Å². The molecule has 0 aliphatic rings. The number of nitrogens with zero attached hydrogens (tertiary/aromatic N) is 1. The number of halogens is 4. The molecular formula is C7H3F4NO4S. The number of sulfone groups is 1. The second-order valence-electron chi connectivity index (χ2n) is 2.82. The Labute approximate surface area is 91.7 Å². The highest BCUT2D eigenvalue weighted by Crippen LogP contribution is 2.32. The molecule has 17 heavy (non-hydrogen) atoms. The zero-order valence-electron chi connectivity index (χ0n) is 7.73. The van der Waals surface area contributed by atoms with E-state index in [9.17, 15) is 36.1 Å². The molecule has 0 unspecified atom stereocenters. The highest BCUT2D eigenvalue weighted by molar-refractivity contribution is 7.92. The molecule has 0 aromatic heterocycles. The lowest BCUT2D eigenvalue weighted by atomic mass is 10.3. The van der Waals surface area contributed by atoms with Gasteiger partial charge in [-0.15, -0.1) is 0 Å². The Hall–Kier alpha value is -1.71. The van der Waals surface area contributed by atoms with Crippen molar-refractivity contribution >= 4 is 15.5 Å². The predicted molar refractivity (Wildman–Crippen MR) is 46.3 cm³/mol. The fraction of sp³-hybridized carbons (Fsp3) is 0.143. The van der Waals surface area contributed by atoms with Crippen LogP contribution in [0.15, 0.2) is 23.1 Å². The van der Waals surface area contributed by atoms with E-state index in [-0.39, 0.29) is 12.1 Å². The first-order valence-corrected chi connectivity index (χ1v) is 5.31. The van der Waals surface area contributed by atoms with Crippen molar-refractivity contribution in [1.82, 2.24) is 0 Å². The highest BCUT2D eigenvalue weighted by Gasteiger charge is 2.47. The van der Waals surface area contributed by atoms with Crippen LogP contribution >= 0.6 is 0 Å². The van der Waals surface area contributed by atoms with Gasteiger partial charge in [-0.25, -0.2) is 8.42 Å². The van der Waals surface area contributed by atoms with Gasteiger partial charge in [-0.2, -0.15) is 17.6 Å². The smallest absolute Gasteiger partial charge is 0.258 e. The number of rotatable bonds is 2. The van der Waals surface area contributed by atoms with Crippen molar-refractivity contribution in [2.45, 2.75) is 10.4 Å². The van der Waals surface area contributed by atoms with Gasteiger partial charge < -0.3 is 0 Å². The molecule has 0 aliphatic heterocycles. The molecule has 0 spiro atoms. The van der Waals surface area contributed by atoms with Crippen molar-refractivity contribution in [2.75, 3.05) is 0 Å². The lowest BCUT2D eigenvalue weighted by molar-refractivity contribution is -0.387. The van der Waals surface area contributed by atoms with Crippen LogP contribution in [-0.2, 0) is 9.84 Å². The first-order chi connectivity index (χ1) is 7.57. The first kappa shape index (κ1) is 13.4. The molecule has 94 valence electrons. The zero-order valence-corrected chi connectivity index (χ0v) is 8.55. The molecule has 0 N–H and O–H groups in total. The number of nitro groups is 1. The van der Waals surface area contributed by atoms with Gasteiger partial charge in [-0.1, -0.05) is 0 Å². The number of alkyl halides is 3. The average molecular weight is 273 g/mol. The summed E-state index contributed by atoms with van der Waals surface area (Å²) in [4.78, 5) is 7.55. The van der Waals surface area contributed by atoms with E-state index in [2.05, 4.69) is 0 Å². The van der Waals surface area contributed by atoms with E-state index in [1.165, 1.54) is 0 Å². The normalized spacial score (nSPS) is 12.5. The quantitative estimate of drug-likeness (QED) is 0.357. The molecule has 0 aliphatic carbocycles. The van der Waals surface area contributed by atoms with Crippen LogP contribution in [0.5, 0.6) is 0 Å². The summed E-state index contributed by atoms with van der Waals surface area (Å²) in [6.45, 7) is 0. The standard InChI is InChI=1S/C7H3F4NO4S/c8-5-2-1-4(3-6(5)12(13)14)17(15,16)7(9,10)11/h1-3H. The average Bonchev–Trinajstić information content (AvgIpc) is 2.15. The van der Waals surface area contributed by atoms with Crippen LogP contribution < -0.4 is 0 Å². The van der Waals surface area contributed by atoms with Crippen LogP contribution in [0.2, 0.25) is 0 Å². The summed E-state index contributed by atoms with van der Waals surface area (Å²) >= 11 is 0. The zero-order chi connectivity index (χ0) is 13.4. The summed E-state index contributed by atoms with van der Waals surface area (Å²) in [6.07, 6.45) is 0. The van der Waals surface area contributed by atoms with Gasteiger partial charge in [-0.05, 0) is 12.1 Å². The molecule has 5 nitrogen and oxygen atoms in total. The lowest BCUT2D eigenvalue weighted by Gasteiger charge is -2.07. The van der Waals surface area contributed by atoms with E-state index in [4.69, 9.17) is 0 Å². The van der Waals surface area contributed by atoms with E-state index in [0.717, 1.165) is 0 Å². The van der Waals surface area contributed by atoms with Crippen molar-refractivity contribution in [1.29, 1.82) is 0 Å². The number of hydrogen-bond acceptors (Lipinski definition) is 4. The molecule has 0 radical (unpaired) electrons. The summed E-state index contributed by atoms with van der Waals surface area (Å²) in [5.74, 6) is -1.42. The van der Waals surface area contributed by atoms with Crippen LogP contribution in [0.25, 0.3) is 0 Å². The van der Waals surface area contributed by atoms with E-state index in [1.807, 2.05) is 0 Å². The Kier molecular flexibility index (Phi) is 3.10. The summed E-state index contributed by atoms with van der Waals surface area (Å²) in [5.41, 5.74) is -6.94. The fourth-order valence-corrected chi connectivity index (χ4v) is 1.71. The van der Waals surface area contributed by atoms with Crippen LogP contribution in [0.4, 0.5) is 23.2 Å². The first-order valence-electron chi connectivity index (χ1n) is 3.82. The predicted octanol–water partition coefficient (Wildman–Crippen LogP) is 2.03. The molecule has 0 heterocycles.